The molecule has 0 saturated heterocycles. The zero-order valence-corrected chi connectivity index (χ0v) is 8.62. The van der Waals surface area contributed by atoms with Crippen LogP contribution in [0.5, 0.6) is 0 Å². The van der Waals surface area contributed by atoms with Gasteiger partial charge in [0.05, 0.1) is 7.11 Å². The number of nitrogens with zero attached hydrogens (tertiary/aromatic N) is 3. The molecular weight excluding hydrogens is 205 g/mol. The maximum atomic E-state index is 11.2. The first-order chi connectivity index (χ1) is 7.70. The summed E-state index contributed by atoms with van der Waals surface area (Å²) in [6, 6.07) is 4.89. The van der Waals surface area contributed by atoms with Crippen LogP contribution in [0.1, 0.15) is 10.5 Å². The number of aromatic nitrogens is 3. The van der Waals surface area contributed by atoms with E-state index in [1.165, 1.54) is 11.8 Å². The van der Waals surface area contributed by atoms with E-state index in [1.807, 2.05) is 0 Å². The van der Waals surface area contributed by atoms with E-state index in [9.17, 15) is 4.79 Å². The van der Waals surface area contributed by atoms with Crippen LogP contribution in [0.25, 0.3) is 5.82 Å². The van der Waals surface area contributed by atoms with E-state index in [0.29, 0.717) is 11.3 Å². The molecule has 0 aliphatic carbocycles. The fraction of sp³-hybridized carbons (Fsp3) is 0.100. The van der Waals surface area contributed by atoms with Crippen molar-refractivity contribution in [3.05, 3.63) is 36.3 Å². The minimum atomic E-state index is -0.484. The molecule has 0 aliphatic rings. The minimum Gasteiger partial charge on any atom is -0.464 e. The first-order valence-corrected chi connectivity index (χ1v) is 4.56. The number of esters is 1. The maximum Gasteiger partial charge on any atom is 0.358 e. The smallest absolute Gasteiger partial charge is 0.358 e. The van der Waals surface area contributed by atoms with Gasteiger partial charge in [0, 0.05) is 12.4 Å². The number of pyridine rings is 1. The highest BCUT2D eigenvalue weighted by Crippen LogP contribution is 2.03. The molecule has 0 N–H and O–H groups in total. The topological polar surface area (TPSA) is 57.0 Å². The second-order valence-electron chi connectivity index (χ2n) is 3.08. The molecule has 5 nitrogen and oxygen atoms in total. The van der Waals surface area contributed by atoms with E-state index in [4.69, 9.17) is 7.85 Å². The van der Waals surface area contributed by atoms with E-state index >= 15 is 0 Å². The largest absolute Gasteiger partial charge is 0.464 e. The zero-order valence-electron chi connectivity index (χ0n) is 8.62. The number of hydrogen-bond donors (Lipinski definition) is 0. The van der Waals surface area contributed by atoms with E-state index in [0.717, 1.165) is 0 Å². The molecule has 2 aromatic rings. The molecule has 0 spiro atoms. The van der Waals surface area contributed by atoms with Crippen molar-refractivity contribution in [3.8, 4) is 5.82 Å². The SMILES string of the molecule is [B]c1ccnc(-n2ccc(C(=O)OC)n2)c1. The van der Waals surface area contributed by atoms with Crippen molar-refractivity contribution >= 4 is 19.3 Å². The van der Waals surface area contributed by atoms with Crippen LogP contribution in [0.2, 0.25) is 0 Å². The highest BCUT2D eigenvalue weighted by molar-refractivity contribution is 6.32. The number of rotatable bonds is 2. The summed E-state index contributed by atoms with van der Waals surface area (Å²) in [5.74, 6) is 0.0674. The van der Waals surface area contributed by atoms with Gasteiger partial charge in [0.2, 0.25) is 0 Å². The minimum absolute atomic E-state index is 0.228. The van der Waals surface area contributed by atoms with Crippen LogP contribution in [0, 0.1) is 0 Å². The Morgan fingerprint density at radius 3 is 3.00 bits per heavy atom. The fourth-order valence-corrected chi connectivity index (χ4v) is 1.22. The number of carbonyl (C=O) groups excluding carboxylic acids is 1. The van der Waals surface area contributed by atoms with Crippen molar-refractivity contribution in [2.45, 2.75) is 0 Å². The third-order valence-corrected chi connectivity index (χ3v) is 1.99. The summed E-state index contributed by atoms with van der Waals surface area (Å²) in [6.45, 7) is 0. The van der Waals surface area contributed by atoms with Crippen LogP contribution in [0.4, 0.5) is 0 Å². The fourth-order valence-electron chi connectivity index (χ4n) is 1.22. The highest BCUT2D eigenvalue weighted by Gasteiger charge is 2.09. The quantitative estimate of drug-likeness (QED) is 0.514. The molecule has 0 aliphatic heterocycles. The summed E-state index contributed by atoms with van der Waals surface area (Å²) < 4.78 is 6.01. The summed E-state index contributed by atoms with van der Waals surface area (Å²) in [7, 11) is 6.92. The van der Waals surface area contributed by atoms with Gasteiger partial charge in [-0.2, -0.15) is 5.10 Å². The van der Waals surface area contributed by atoms with Crippen molar-refractivity contribution in [1.82, 2.24) is 14.8 Å². The van der Waals surface area contributed by atoms with Crippen LogP contribution in [-0.4, -0.2) is 35.7 Å². The van der Waals surface area contributed by atoms with Crippen molar-refractivity contribution < 1.29 is 9.53 Å². The standard InChI is InChI=1S/C10H8BN3O2/c1-16-10(15)8-3-5-14(13-8)9-6-7(11)2-4-12-9/h2-6H,1H3. The first-order valence-electron chi connectivity index (χ1n) is 4.56. The summed E-state index contributed by atoms with van der Waals surface area (Å²) in [5, 5.41) is 4.02. The third kappa shape index (κ3) is 1.95. The van der Waals surface area contributed by atoms with Crippen LogP contribution in [0.3, 0.4) is 0 Å². The summed E-state index contributed by atoms with van der Waals surface area (Å²) in [4.78, 5) is 15.3. The summed E-state index contributed by atoms with van der Waals surface area (Å²) in [6.07, 6.45) is 3.19. The molecule has 2 radical (unpaired) electrons. The van der Waals surface area contributed by atoms with E-state index in [1.54, 1.807) is 30.6 Å². The van der Waals surface area contributed by atoms with Gasteiger partial charge in [0.1, 0.15) is 7.85 Å². The average Bonchev–Trinajstić information content (AvgIpc) is 2.77. The Labute approximate surface area is 93.5 Å². The summed E-state index contributed by atoms with van der Waals surface area (Å²) >= 11 is 0. The lowest BCUT2D eigenvalue weighted by Crippen LogP contribution is -2.08. The van der Waals surface area contributed by atoms with Gasteiger partial charge in [0.15, 0.2) is 11.5 Å². The monoisotopic (exact) mass is 213 g/mol. The van der Waals surface area contributed by atoms with Crippen molar-refractivity contribution in [2.24, 2.45) is 0 Å². The van der Waals surface area contributed by atoms with Gasteiger partial charge >= 0.3 is 5.97 Å². The molecule has 0 saturated carbocycles. The van der Waals surface area contributed by atoms with E-state index in [-0.39, 0.29) is 5.69 Å². The molecular formula is C10H8BN3O2. The number of ether oxygens (including phenoxy) is 1. The Kier molecular flexibility index (Phi) is 2.72. The van der Waals surface area contributed by atoms with Crippen molar-refractivity contribution in [3.63, 3.8) is 0 Å². The van der Waals surface area contributed by atoms with Gasteiger partial charge in [0.25, 0.3) is 0 Å². The molecule has 78 valence electrons. The molecule has 16 heavy (non-hydrogen) atoms. The molecule has 0 atom stereocenters. The lowest BCUT2D eigenvalue weighted by Gasteiger charge is -2.00. The molecule has 6 heteroatoms. The Morgan fingerprint density at radius 2 is 2.31 bits per heavy atom. The summed E-state index contributed by atoms with van der Waals surface area (Å²) in [5.41, 5.74) is 0.812. The average molecular weight is 213 g/mol. The van der Waals surface area contributed by atoms with Crippen molar-refractivity contribution in [2.75, 3.05) is 7.11 Å². The predicted molar refractivity (Wildman–Crippen MR) is 58.1 cm³/mol. The van der Waals surface area contributed by atoms with E-state index < -0.39 is 5.97 Å². The second-order valence-corrected chi connectivity index (χ2v) is 3.08. The lowest BCUT2D eigenvalue weighted by molar-refractivity contribution is 0.0593. The zero-order chi connectivity index (χ0) is 11.5. The van der Waals surface area contributed by atoms with Crippen LogP contribution in [0.15, 0.2) is 30.6 Å². The molecule has 2 heterocycles. The Hall–Kier alpha value is -2.11. The predicted octanol–water partition coefficient (Wildman–Crippen LogP) is -0.152. The van der Waals surface area contributed by atoms with Gasteiger partial charge in [-0.15, -0.1) is 0 Å². The molecule has 0 amide bonds. The molecule has 2 aromatic heterocycles. The van der Waals surface area contributed by atoms with Crippen molar-refractivity contribution in [1.29, 1.82) is 0 Å². The molecule has 0 fully saturated rings. The highest BCUT2D eigenvalue weighted by atomic mass is 16.5. The first kappa shape index (κ1) is 10.4. The van der Waals surface area contributed by atoms with Gasteiger partial charge in [-0.1, -0.05) is 11.5 Å². The lowest BCUT2D eigenvalue weighted by atomic mass is 9.98. The number of carbonyl (C=O) groups is 1. The normalized spacial score (nSPS) is 10.1. The molecule has 0 unspecified atom stereocenters. The van der Waals surface area contributed by atoms with E-state index in [2.05, 4.69) is 14.8 Å². The van der Waals surface area contributed by atoms with Crippen LogP contribution >= 0.6 is 0 Å². The van der Waals surface area contributed by atoms with Crippen LogP contribution in [-0.2, 0) is 4.74 Å². The Bertz CT molecular complexity index is 524. The Balaban J connectivity index is 2.35. The molecule has 0 bridgehead atoms. The van der Waals surface area contributed by atoms with Gasteiger partial charge in [-0.05, 0) is 12.1 Å². The Morgan fingerprint density at radius 1 is 1.50 bits per heavy atom. The number of hydrogen-bond acceptors (Lipinski definition) is 4. The van der Waals surface area contributed by atoms with Gasteiger partial charge in [-0.25, -0.2) is 14.5 Å². The van der Waals surface area contributed by atoms with Gasteiger partial charge in [-0.3, -0.25) is 0 Å². The van der Waals surface area contributed by atoms with Crippen LogP contribution < -0.4 is 5.46 Å². The maximum absolute atomic E-state index is 11.2. The number of methoxy groups -OCH3 is 1. The molecule has 0 aromatic carbocycles. The van der Waals surface area contributed by atoms with Gasteiger partial charge < -0.3 is 4.74 Å². The third-order valence-electron chi connectivity index (χ3n) is 1.99. The molecule has 2 rings (SSSR count). The second kappa shape index (κ2) is 4.18.